The van der Waals surface area contributed by atoms with Gasteiger partial charge in [0.25, 0.3) is 5.91 Å². The summed E-state index contributed by atoms with van der Waals surface area (Å²) in [6.45, 7) is 0. The zero-order chi connectivity index (χ0) is 16.2. The molecule has 0 saturated carbocycles. The molecule has 0 saturated heterocycles. The average Bonchev–Trinajstić information content (AvgIpc) is 3.18. The molecule has 2 heterocycles. The van der Waals surface area contributed by atoms with Crippen molar-refractivity contribution < 1.29 is 19.4 Å². The van der Waals surface area contributed by atoms with Crippen LogP contribution in [0.25, 0.3) is 10.4 Å². The molecule has 0 radical (unpaired) electrons. The molecule has 23 heavy (non-hydrogen) atoms. The molecule has 0 fully saturated rings. The predicted octanol–water partition coefficient (Wildman–Crippen LogP) is 4.79. The van der Waals surface area contributed by atoms with Gasteiger partial charge in [-0.3, -0.25) is 4.79 Å². The van der Waals surface area contributed by atoms with Gasteiger partial charge in [-0.05, 0) is 23.1 Å². The van der Waals surface area contributed by atoms with E-state index in [4.69, 9.17) is 9.84 Å². The van der Waals surface area contributed by atoms with Crippen LogP contribution in [0.1, 0.15) is 9.67 Å². The molecule has 2 N–H and O–H groups in total. The van der Waals surface area contributed by atoms with E-state index in [1.807, 2.05) is 30.3 Å². The molecule has 3 aromatic rings. The Morgan fingerprint density at radius 3 is 2.52 bits per heavy atom. The summed E-state index contributed by atoms with van der Waals surface area (Å²) in [5.41, 5.74) is 1.26. The summed E-state index contributed by atoms with van der Waals surface area (Å²) in [7, 11) is 0. The lowest BCUT2D eigenvalue weighted by molar-refractivity contribution is 0.102. The number of amides is 1. The van der Waals surface area contributed by atoms with Crippen molar-refractivity contribution in [1.82, 2.24) is 0 Å². The molecule has 0 bridgehead atoms. The molecule has 0 aliphatic carbocycles. The number of carbonyl (C=O) groups excluding carboxylic acids is 1. The van der Waals surface area contributed by atoms with Crippen molar-refractivity contribution >= 4 is 40.4 Å². The Hall–Kier alpha value is -2.64. The largest absolute Gasteiger partial charge is 0.512 e. The van der Waals surface area contributed by atoms with Crippen LogP contribution in [0.4, 0.5) is 10.5 Å². The van der Waals surface area contributed by atoms with Gasteiger partial charge in [0.2, 0.25) is 5.06 Å². The van der Waals surface area contributed by atoms with Crippen molar-refractivity contribution in [2.75, 3.05) is 5.32 Å². The van der Waals surface area contributed by atoms with Crippen LogP contribution in [0.3, 0.4) is 0 Å². The van der Waals surface area contributed by atoms with Crippen LogP contribution in [0.15, 0.2) is 53.9 Å². The lowest BCUT2D eigenvalue weighted by atomic mass is 10.2. The molecule has 3 rings (SSSR count). The first-order valence-corrected chi connectivity index (χ1v) is 8.28. The van der Waals surface area contributed by atoms with Crippen molar-refractivity contribution in [2.45, 2.75) is 0 Å². The van der Waals surface area contributed by atoms with Gasteiger partial charge in [0.1, 0.15) is 0 Å². The lowest BCUT2D eigenvalue weighted by Crippen LogP contribution is -2.11. The van der Waals surface area contributed by atoms with Crippen molar-refractivity contribution in [1.29, 1.82) is 0 Å². The van der Waals surface area contributed by atoms with Crippen LogP contribution < -0.4 is 10.1 Å². The maximum absolute atomic E-state index is 12.2. The predicted molar refractivity (Wildman–Crippen MR) is 90.7 cm³/mol. The molecule has 116 valence electrons. The summed E-state index contributed by atoms with van der Waals surface area (Å²) in [5.74, 6) is -0.298. The molecule has 0 atom stereocenters. The van der Waals surface area contributed by atoms with E-state index in [1.165, 1.54) is 22.7 Å². The number of anilines is 1. The van der Waals surface area contributed by atoms with Crippen molar-refractivity contribution in [3.63, 3.8) is 0 Å². The molecule has 0 unspecified atom stereocenters. The zero-order valence-corrected chi connectivity index (χ0v) is 13.3. The second kappa shape index (κ2) is 6.64. The molecule has 5 nitrogen and oxygen atoms in total. The highest BCUT2D eigenvalue weighted by Crippen LogP contribution is 2.41. The Balaban J connectivity index is 1.92. The van der Waals surface area contributed by atoms with Gasteiger partial charge in [-0.1, -0.05) is 47.7 Å². The summed E-state index contributed by atoms with van der Waals surface area (Å²) >= 11 is 2.47. The molecule has 7 heteroatoms. The smallest absolute Gasteiger partial charge is 0.449 e. The fourth-order valence-corrected chi connectivity index (χ4v) is 3.54. The first-order valence-electron chi connectivity index (χ1n) is 6.58. The maximum atomic E-state index is 12.2. The average molecular weight is 345 g/mol. The highest BCUT2D eigenvalue weighted by Gasteiger charge is 2.17. The highest BCUT2D eigenvalue weighted by atomic mass is 32.1. The van der Waals surface area contributed by atoms with Crippen LogP contribution in [0, 0.1) is 0 Å². The van der Waals surface area contributed by atoms with Gasteiger partial charge >= 0.3 is 6.16 Å². The third-order valence-electron chi connectivity index (χ3n) is 2.93. The number of ether oxygens (including phenoxy) is 1. The second-order valence-electron chi connectivity index (χ2n) is 4.48. The number of benzene rings is 1. The van der Waals surface area contributed by atoms with Crippen LogP contribution in [-0.2, 0) is 0 Å². The number of hydrogen-bond donors (Lipinski definition) is 2. The van der Waals surface area contributed by atoms with Gasteiger partial charge in [0.15, 0.2) is 0 Å². The first kappa shape index (κ1) is 15.3. The van der Waals surface area contributed by atoms with E-state index in [1.54, 1.807) is 23.6 Å². The topological polar surface area (TPSA) is 75.6 Å². The van der Waals surface area contributed by atoms with Crippen molar-refractivity contribution in [3.05, 3.63) is 58.8 Å². The Bertz CT molecular complexity index is 825. The fourth-order valence-electron chi connectivity index (χ4n) is 1.95. The van der Waals surface area contributed by atoms with Crippen LogP contribution in [-0.4, -0.2) is 17.2 Å². The summed E-state index contributed by atoms with van der Waals surface area (Å²) < 4.78 is 4.79. The molecule has 0 aliphatic rings. The highest BCUT2D eigenvalue weighted by molar-refractivity contribution is 7.18. The molecule has 2 aromatic heterocycles. The van der Waals surface area contributed by atoms with Gasteiger partial charge in [0, 0.05) is 4.88 Å². The summed E-state index contributed by atoms with van der Waals surface area (Å²) in [6, 6.07) is 14.7. The molecule has 1 aromatic carbocycles. The minimum atomic E-state index is -1.42. The third kappa shape index (κ3) is 3.58. The van der Waals surface area contributed by atoms with Gasteiger partial charge in [-0.25, -0.2) is 4.79 Å². The van der Waals surface area contributed by atoms with Gasteiger partial charge in [-0.2, -0.15) is 0 Å². The number of thiophene rings is 2. The van der Waals surface area contributed by atoms with E-state index in [-0.39, 0.29) is 11.0 Å². The summed E-state index contributed by atoms with van der Waals surface area (Å²) in [4.78, 5) is 24.4. The first-order chi connectivity index (χ1) is 11.1. The van der Waals surface area contributed by atoms with E-state index < -0.39 is 6.16 Å². The monoisotopic (exact) mass is 345 g/mol. The van der Waals surface area contributed by atoms with Crippen LogP contribution in [0.5, 0.6) is 5.06 Å². The van der Waals surface area contributed by atoms with E-state index in [2.05, 4.69) is 5.32 Å². The van der Waals surface area contributed by atoms with E-state index in [9.17, 15) is 9.59 Å². The molecule has 0 spiro atoms. The van der Waals surface area contributed by atoms with Crippen molar-refractivity contribution in [3.8, 4) is 15.5 Å². The third-order valence-corrected chi connectivity index (χ3v) is 4.86. The Morgan fingerprint density at radius 2 is 1.87 bits per heavy atom. The van der Waals surface area contributed by atoms with Crippen LogP contribution >= 0.6 is 22.7 Å². The molecular formula is C16H11NO4S2. The van der Waals surface area contributed by atoms with Gasteiger partial charge in [0.05, 0.1) is 10.6 Å². The summed E-state index contributed by atoms with van der Waals surface area (Å²) in [6.07, 6.45) is -1.42. The Labute approximate surface area is 139 Å². The quantitative estimate of drug-likeness (QED) is 0.667. The fraction of sp³-hybridized carbons (Fsp3) is 0. The van der Waals surface area contributed by atoms with E-state index in [0.29, 0.717) is 10.6 Å². The maximum Gasteiger partial charge on any atom is 0.512 e. The Morgan fingerprint density at radius 1 is 1.09 bits per heavy atom. The second-order valence-corrected chi connectivity index (χ2v) is 6.44. The zero-order valence-electron chi connectivity index (χ0n) is 11.7. The number of rotatable bonds is 4. The number of nitrogens with one attached hydrogen (secondary N) is 1. The Kier molecular flexibility index (Phi) is 4.40. The standard InChI is InChI=1S/C16H11NO4S2/c18-14(12-7-4-8-22-12)17-11-9-13(10-5-2-1-3-6-10)23-15(11)21-16(19)20/h1-9H,(H,17,18)(H,19,20). The lowest BCUT2D eigenvalue weighted by Gasteiger charge is -2.03. The number of carbonyl (C=O) groups is 2. The van der Waals surface area contributed by atoms with E-state index in [0.717, 1.165) is 10.4 Å². The normalized spacial score (nSPS) is 10.3. The summed E-state index contributed by atoms with van der Waals surface area (Å²) in [5, 5.41) is 13.5. The van der Waals surface area contributed by atoms with Crippen molar-refractivity contribution in [2.24, 2.45) is 0 Å². The van der Waals surface area contributed by atoms with Gasteiger partial charge < -0.3 is 15.2 Å². The van der Waals surface area contributed by atoms with E-state index >= 15 is 0 Å². The SMILES string of the molecule is O=C(O)Oc1sc(-c2ccccc2)cc1NC(=O)c1cccs1. The minimum absolute atomic E-state index is 0.140. The molecular weight excluding hydrogens is 334 g/mol. The molecule has 1 amide bonds. The number of carboxylic acid groups (broad SMARTS) is 1. The minimum Gasteiger partial charge on any atom is -0.449 e. The molecule has 0 aliphatic heterocycles. The number of hydrogen-bond acceptors (Lipinski definition) is 5. The van der Waals surface area contributed by atoms with Crippen LogP contribution in [0.2, 0.25) is 0 Å². The van der Waals surface area contributed by atoms with Gasteiger partial charge in [-0.15, -0.1) is 11.3 Å².